The van der Waals surface area contributed by atoms with E-state index >= 15 is 0 Å². The zero-order valence-electron chi connectivity index (χ0n) is 14.6. The number of carbonyl (C=O) groups is 1. The van der Waals surface area contributed by atoms with E-state index in [1.54, 1.807) is 36.4 Å². The molecular weight excluding hydrogens is 352 g/mol. The predicted molar refractivity (Wildman–Crippen MR) is 99.9 cm³/mol. The van der Waals surface area contributed by atoms with Crippen LogP contribution in [0.4, 0.5) is 0 Å². The summed E-state index contributed by atoms with van der Waals surface area (Å²) in [6, 6.07) is 13.9. The summed E-state index contributed by atoms with van der Waals surface area (Å²) in [6.07, 6.45) is 1.18. The molecule has 1 atom stereocenters. The van der Waals surface area contributed by atoms with Crippen LogP contribution in [0, 0.1) is 0 Å². The summed E-state index contributed by atoms with van der Waals surface area (Å²) in [5, 5.41) is 6.10. The molecule has 2 N–H and O–H groups in total. The van der Waals surface area contributed by atoms with Gasteiger partial charge in [0.15, 0.2) is 9.84 Å². The number of hydrogen-bond acceptors (Lipinski definition) is 5. The molecule has 0 saturated carbocycles. The zero-order chi connectivity index (χ0) is 18.6. The number of rotatable bonds is 5. The predicted octanol–water partition coefficient (Wildman–Crippen LogP) is 1.48. The maximum Gasteiger partial charge on any atom is 0.251 e. The third kappa shape index (κ3) is 4.69. The molecule has 26 heavy (non-hydrogen) atoms. The Kier molecular flexibility index (Phi) is 5.70. The monoisotopic (exact) mass is 374 g/mol. The highest BCUT2D eigenvalue weighted by Gasteiger charge is 2.15. The second-order valence-corrected chi connectivity index (χ2v) is 8.30. The van der Waals surface area contributed by atoms with E-state index in [0.29, 0.717) is 18.7 Å². The average molecular weight is 374 g/mol. The smallest absolute Gasteiger partial charge is 0.251 e. The highest BCUT2D eigenvalue weighted by atomic mass is 32.2. The number of amides is 1. The van der Waals surface area contributed by atoms with E-state index in [9.17, 15) is 13.2 Å². The van der Waals surface area contributed by atoms with Gasteiger partial charge in [0.25, 0.3) is 5.91 Å². The maximum atomic E-state index is 12.2. The van der Waals surface area contributed by atoms with E-state index in [0.717, 1.165) is 24.2 Å². The lowest BCUT2D eigenvalue weighted by Gasteiger charge is -2.23. The van der Waals surface area contributed by atoms with Gasteiger partial charge < -0.3 is 15.4 Å². The molecule has 1 aliphatic rings. The molecule has 0 unspecified atom stereocenters. The molecule has 0 spiro atoms. The van der Waals surface area contributed by atoms with Gasteiger partial charge in [-0.25, -0.2) is 8.42 Å². The van der Waals surface area contributed by atoms with Crippen LogP contribution in [-0.4, -0.2) is 52.9 Å². The van der Waals surface area contributed by atoms with E-state index < -0.39 is 9.84 Å². The summed E-state index contributed by atoms with van der Waals surface area (Å²) in [6.45, 7) is 2.72. The minimum atomic E-state index is -3.20. The molecular formula is C19H22N2O4S. The Bertz CT molecular complexity index is 855. The molecule has 2 aromatic rings. The summed E-state index contributed by atoms with van der Waals surface area (Å²) < 4.78 is 28.6. The van der Waals surface area contributed by atoms with E-state index in [-0.39, 0.29) is 16.9 Å². The van der Waals surface area contributed by atoms with Crippen LogP contribution in [0.1, 0.15) is 10.4 Å². The van der Waals surface area contributed by atoms with Crippen molar-refractivity contribution in [2.75, 3.05) is 32.5 Å². The van der Waals surface area contributed by atoms with Gasteiger partial charge in [0.2, 0.25) is 0 Å². The summed E-state index contributed by atoms with van der Waals surface area (Å²) in [5.41, 5.74) is 2.39. The van der Waals surface area contributed by atoms with Crippen molar-refractivity contribution in [1.82, 2.24) is 10.6 Å². The maximum absolute atomic E-state index is 12.2. The van der Waals surface area contributed by atoms with Crippen LogP contribution in [-0.2, 0) is 14.6 Å². The first-order chi connectivity index (χ1) is 12.4. The van der Waals surface area contributed by atoms with Gasteiger partial charge in [-0.1, -0.05) is 24.3 Å². The van der Waals surface area contributed by atoms with Gasteiger partial charge >= 0.3 is 0 Å². The third-order valence-corrected chi connectivity index (χ3v) is 5.39. The molecule has 6 nitrogen and oxygen atoms in total. The summed E-state index contributed by atoms with van der Waals surface area (Å²) in [4.78, 5) is 12.5. The van der Waals surface area contributed by atoms with Gasteiger partial charge in [0.1, 0.15) is 0 Å². The molecule has 1 heterocycles. The van der Waals surface area contributed by atoms with Crippen molar-refractivity contribution in [2.45, 2.75) is 11.0 Å². The minimum absolute atomic E-state index is 0.000308. The topological polar surface area (TPSA) is 84.5 Å². The average Bonchev–Trinajstić information content (AvgIpc) is 2.66. The van der Waals surface area contributed by atoms with Crippen molar-refractivity contribution in [1.29, 1.82) is 0 Å². The van der Waals surface area contributed by atoms with Crippen LogP contribution in [0.5, 0.6) is 0 Å². The van der Waals surface area contributed by atoms with Crippen LogP contribution in [0.15, 0.2) is 53.4 Å². The molecule has 2 aromatic carbocycles. The standard InChI is InChI=1S/C19H22N2O4S/c1-26(23,24)18-8-6-15(7-9-18)14-2-4-16(5-3-14)19(22)21-13-17-12-20-10-11-25-17/h2-9,17,20H,10-13H2,1H3,(H,21,22)/t17-/m1/s1. The molecule has 0 bridgehead atoms. The molecule has 1 amide bonds. The highest BCUT2D eigenvalue weighted by Crippen LogP contribution is 2.22. The summed E-state index contributed by atoms with van der Waals surface area (Å²) in [5.74, 6) is -0.141. The van der Waals surface area contributed by atoms with Gasteiger partial charge in [-0.2, -0.15) is 0 Å². The molecule has 0 aromatic heterocycles. The van der Waals surface area contributed by atoms with Crippen molar-refractivity contribution in [2.24, 2.45) is 0 Å². The fourth-order valence-electron chi connectivity index (χ4n) is 2.77. The first-order valence-electron chi connectivity index (χ1n) is 8.44. The van der Waals surface area contributed by atoms with E-state index in [1.807, 2.05) is 12.1 Å². The zero-order valence-corrected chi connectivity index (χ0v) is 15.4. The molecule has 7 heteroatoms. The van der Waals surface area contributed by atoms with Gasteiger partial charge in [-0.05, 0) is 35.4 Å². The van der Waals surface area contributed by atoms with Crippen molar-refractivity contribution >= 4 is 15.7 Å². The van der Waals surface area contributed by atoms with E-state index in [1.165, 1.54) is 6.26 Å². The fourth-order valence-corrected chi connectivity index (χ4v) is 3.40. The van der Waals surface area contributed by atoms with Crippen molar-refractivity contribution < 1.29 is 17.9 Å². The Hall–Kier alpha value is -2.22. The van der Waals surface area contributed by atoms with Crippen LogP contribution < -0.4 is 10.6 Å². The van der Waals surface area contributed by atoms with Crippen LogP contribution >= 0.6 is 0 Å². The molecule has 3 rings (SSSR count). The number of hydrogen-bond donors (Lipinski definition) is 2. The third-order valence-electron chi connectivity index (χ3n) is 4.26. The van der Waals surface area contributed by atoms with Crippen molar-refractivity contribution in [3.8, 4) is 11.1 Å². The molecule has 138 valence electrons. The lowest BCUT2D eigenvalue weighted by Crippen LogP contribution is -2.45. The van der Waals surface area contributed by atoms with Crippen molar-refractivity contribution in [3.63, 3.8) is 0 Å². The van der Waals surface area contributed by atoms with Crippen molar-refractivity contribution in [3.05, 3.63) is 54.1 Å². The van der Waals surface area contributed by atoms with Gasteiger partial charge in [-0.15, -0.1) is 0 Å². The first-order valence-corrected chi connectivity index (χ1v) is 10.3. The van der Waals surface area contributed by atoms with E-state index in [2.05, 4.69) is 10.6 Å². The Labute approximate surface area is 153 Å². The number of carbonyl (C=O) groups excluding carboxylic acids is 1. The molecule has 0 aliphatic carbocycles. The Balaban J connectivity index is 1.63. The van der Waals surface area contributed by atoms with Crippen LogP contribution in [0.3, 0.4) is 0 Å². The van der Waals surface area contributed by atoms with Crippen LogP contribution in [0.2, 0.25) is 0 Å². The lowest BCUT2D eigenvalue weighted by atomic mass is 10.0. The van der Waals surface area contributed by atoms with Gasteiger partial charge in [0, 0.05) is 31.5 Å². The largest absolute Gasteiger partial charge is 0.374 e. The highest BCUT2D eigenvalue weighted by molar-refractivity contribution is 7.90. The number of morpholine rings is 1. The minimum Gasteiger partial charge on any atom is -0.374 e. The fraction of sp³-hybridized carbons (Fsp3) is 0.316. The second-order valence-electron chi connectivity index (χ2n) is 6.28. The quantitative estimate of drug-likeness (QED) is 0.828. The van der Waals surface area contributed by atoms with E-state index in [4.69, 9.17) is 4.74 Å². The van der Waals surface area contributed by atoms with Crippen LogP contribution in [0.25, 0.3) is 11.1 Å². The second kappa shape index (κ2) is 7.99. The molecule has 0 radical (unpaired) electrons. The number of nitrogens with one attached hydrogen (secondary N) is 2. The lowest BCUT2D eigenvalue weighted by molar-refractivity contribution is 0.0287. The normalized spacial score (nSPS) is 17.7. The number of ether oxygens (including phenoxy) is 1. The Morgan fingerprint density at radius 1 is 1.12 bits per heavy atom. The van der Waals surface area contributed by atoms with Gasteiger partial charge in [-0.3, -0.25) is 4.79 Å². The molecule has 1 fully saturated rings. The van der Waals surface area contributed by atoms with Gasteiger partial charge in [0.05, 0.1) is 17.6 Å². The molecule has 1 saturated heterocycles. The Morgan fingerprint density at radius 3 is 2.27 bits per heavy atom. The Morgan fingerprint density at radius 2 is 1.73 bits per heavy atom. The summed E-state index contributed by atoms with van der Waals surface area (Å²) in [7, 11) is -3.20. The first kappa shape index (κ1) is 18.6. The number of benzene rings is 2. The molecule has 1 aliphatic heterocycles. The number of sulfone groups is 1. The SMILES string of the molecule is CS(=O)(=O)c1ccc(-c2ccc(C(=O)NC[C@H]3CNCCO3)cc2)cc1. The summed E-state index contributed by atoms with van der Waals surface area (Å²) >= 11 is 0.